The van der Waals surface area contributed by atoms with Gasteiger partial charge in [-0.25, -0.2) is 4.79 Å². The van der Waals surface area contributed by atoms with Crippen LogP contribution >= 0.6 is 0 Å². The van der Waals surface area contributed by atoms with E-state index in [9.17, 15) is 24.3 Å². The number of carbonyl (C=O) groups is 3. The highest BCUT2D eigenvalue weighted by atomic mass is 16.5. The minimum absolute atomic E-state index is 0.0273. The molecule has 136 valence electrons. The standard InChI is InChI=1S/C16H20N2O7/c1-5-24-10(19)7-8(3)17-14(21)12-13(20)11(16(23)25-6-2)9(4)18-15(12)22/h3,5-7H2,1-2,4H3,(H,17,21)(H2,18,20,22). The maximum atomic E-state index is 12.2. The molecule has 0 fully saturated rings. The second kappa shape index (κ2) is 8.67. The number of nitrogens with one attached hydrogen (secondary N) is 2. The van der Waals surface area contributed by atoms with Crippen LogP contribution in [0.2, 0.25) is 0 Å². The monoisotopic (exact) mass is 352 g/mol. The summed E-state index contributed by atoms with van der Waals surface area (Å²) in [5.74, 6) is -3.31. The quantitative estimate of drug-likeness (QED) is 0.617. The van der Waals surface area contributed by atoms with Gasteiger partial charge in [-0.1, -0.05) is 6.58 Å². The number of aromatic amines is 1. The van der Waals surface area contributed by atoms with E-state index < -0.39 is 34.7 Å². The lowest BCUT2D eigenvalue weighted by Crippen LogP contribution is -2.31. The molecule has 1 rings (SSSR count). The molecule has 1 aromatic heterocycles. The molecule has 3 N–H and O–H groups in total. The van der Waals surface area contributed by atoms with Gasteiger partial charge in [-0.3, -0.25) is 14.4 Å². The summed E-state index contributed by atoms with van der Waals surface area (Å²) in [6, 6.07) is 0. The van der Waals surface area contributed by atoms with Crippen molar-refractivity contribution in [3.63, 3.8) is 0 Å². The number of aromatic nitrogens is 1. The highest BCUT2D eigenvalue weighted by Crippen LogP contribution is 2.23. The van der Waals surface area contributed by atoms with Crippen LogP contribution in [0.3, 0.4) is 0 Å². The van der Waals surface area contributed by atoms with E-state index in [1.165, 1.54) is 6.92 Å². The lowest BCUT2D eigenvalue weighted by Gasteiger charge is -2.12. The van der Waals surface area contributed by atoms with E-state index >= 15 is 0 Å². The highest BCUT2D eigenvalue weighted by Gasteiger charge is 2.26. The molecule has 0 aliphatic heterocycles. The smallest absolute Gasteiger partial charge is 0.343 e. The molecule has 0 aromatic carbocycles. The number of hydrogen-bond donors (Lipinski definition) is 3. The van der Waals surface area contributed by atoms with E-state index in [0.29, 0.717) is 0 Å². The number of ether oxygens (including phenoxy) is 2. The molecule has 1 amide bonds. The molecule has 0 saturated heterocycles. The molecule has 25 heavy (non-hydrogen) atoms. The summed E-state index contributed by atoms with van der Waals surface area (Å²) in [6.45, 7) is 8.29. The Morgan fingerprint density at radius 2 is 1.76 bits per heavy atom. The van der Waals surface area contributed by atoms with Gasteiger partial charge >= 0.3 is 11.9 Å². The molecule has 0 aliphatic rings. The van der Waals surface area contributed by atoms with Crippen molar-refractivity contribution in [3.05, 3.63) is 39.5 Å². The first-order chi connectivity index (χ1) is 11.7. The predicted octanol–water partition coefficient (Wildman–Crippen LogP) is 0.762. The van der Waals surface area contributed by atoms with Crippen LogP contribution in [0, 0.1) is 6.92 Å². The van der Waals surface area contributed by atoms with E-state index in [-0.39, 0.29) is 36.6 Å². The topological polar surface area (TPSA) is 135 Å². The fourth-order valence-electron chi connectivity index (χ4n) is 2.02. The number of H-pyrrole nitrogens is 1. The Morgan fingerprint density at radius 3 is 2.32 bits per heavy atom. The van der Waals surface area contributed by atoms with Crippen molar-refractivity contribution < 1.29 is 29.0 Å². The Labute approximate surface area is 143 Å². The zero-order chi connectivity index (χ0) is 19.1. The minimum atomic E-state index is -1.02. The van der Waals surface area contributed by atoms with Crippen molar-refractivity contribution in [1.82, 2.24) is 10.3 Å². The molecular formula is C16H20N2O7. The summed E-state index contributed by atoms with van der Waals surface area (Å²) in [4.78, 5) is 49.8. The zero-order valence-electron chi connectivity index (χ0n) is 14.2. The number of amides is 1. The van der Waals surface area contributed by atoms with Crippen LogP contribution in [0.5, 0.6) is 5.75 Å². The third-order valence-electron chi connectivity index (χ3n) is 3.04. The molecule has 1 aromatic rings. The van der Waals surface area contributed by atoms with Gasteiger partial charge in [0.25, 0.3) is 11.5 Å². The van der Waals surface area contributed by atoms with E-state index in [0.717, 1.165) is 0 Å². The zero-order valence-corrected chi connectivity index (χ0v) is 14.2. The third kappa shape index (κ3) is 4.93. The molecular weight excluding hydrogens is 332 g/mol. The number of rotatable bonds is 7. The Bertz CT molecular complexity index is 764. The van der Waals surface area contributed by atoms with Crippen LogP contribution in [0.4, 0.5) is 0 Å². The molecule has 1 heterocycles. The van der Waals surface area contributed by atoms with Crippen LogP contribution < -0.4 is 10.9 Å². The lowest BCUT2D eigenvalue weighted by atomic mass is 10.1. The molecule has 0 aliphatic carbocycles. The van der Waals surface area contributed by atoms with Crippen LogP contribution in [0.15, 0.2) is 17.1 Å². The first-order valence-electron chi connectivity index (χ1n) is 7.50. The van der Waals surface area contributed by atoms with Gasteiger partial charge in [0.05, 0.1) is 19.6 Å². The molecule has 0 spiro atoms. The molecule has 0 saturated carbocycles. The average Bonchev–Trinajstić information content (AvgIpc) is 2.46. The van der Waals surface area contributed by atoms with E-state index in [2.05, 4.69) is 16.9 Å². The maximum Gasteiger partial charge on any atom is 0.343 e. The summed E-state index contributed by atoms with van der Waals surface area (Å²) in [5, 5.41) is 12.4. The second-order valence-electron chi connectivity index (χ2n) is 4.94. The van der Waals surface area contributed by atoms with Gasteiger partial charge in [0, 0.05) is 11.4 Å². The number of pyridine rings is 1. The summed E-state index contributed by atoms with van der Waals surface area (Å²) >= 11 is 0. The van der Waals surface area contributed by atoms with Crippen LogP contribution in [-0.4, -0.2) is 41.2 Å². The van der Waals surface area contributed by atoms with Gasteiger partial charge in [0.2, 0.25) is 0 Å². The van der Waals surface area contributed by atoms with Gasteiger partial charge in [0.15, 0.2) is 0 Å². The highest BCUT2D eigenvalue weighted by molar-refractivity contribution is 6.03. The SMILES string of the molecule is C=C(CC(=O)OCC)NC(=O)c1c(O)c(C(=O)OCC)c(C)[nH]c1=O. The fourth-order valence-corrected chi connectivity index (χ4v) is 2.02. The Hall–Kier alpha value is -3.10. The number of aryl methyl sites for hydroxylation is 1. The van der Waals surface area contributed by atoms with Gasteiger partial charge < -0.3 is 24.9 Å². The normalized spacial score (nSPS) is 10.0. The Morgan fingerprint density at radius 1 is 1.16 bits per heavy atom. The van der Waals surface area contributed by atoms with E-state index in [1.807, 2.05) is 0 Å². The minimum Gasteiger partial charge on any atom is -0.506 e. The van der Waals surface area contributed by atoms with Crippen LogP contribution in [0.1, 0.15) is 46.7 Å². The lowest BCUT2D eigenvalue weighted by molar-refractivity contribution is -0.142. The van der Waals surface area contributed by atoms with Crippen molar-refractivity contribution in [3.8, 4) is 5.75 Å². The molecule has 9 heteroatoms. The molecule has 0 radical (unpaired) electrons. The second-order valence-corrected chi connectivity index (χ2v) is 4.94. The summed E-state index contributed by atoms with van der Waals surface area (Å²) < 4.78 is 9.50. The number of esters is 2. The van der Waals surface area contributed by atoms with Gasteiger partial charge in [-0.15, -0.1) is 0 Å². The van der Waals surface area contributed by atoms with Gasteiger partial charge in [-0.05, 0) is 20.8 Å². The van der Waals surface area contributed by atoms with Crippen molar-refractivity contribution in [2.45, 2.75) is 27.2 Å². The largest absolute Gasteiger partial charge is 0.506 e. The van der Waals surface area contributed by atoms with Crippen LogP contribution in [0.25, 0.3) is 0 Å². The van der Waals surface area contributed by atoms with Crippen molar-refractivity contribution in [2.75, 3.05) is 13.2 Å². The van der Waals surface area contributed by atoms with Crippen molar-refractivity contribution in [1.29, 1.82) is 0 Å². The first-order valence-corrected chi connectivity index (χ1v) is 7.50. The average molecular weight is 352 g/mol. The Kier molecular flexibility index (Phi) is 6.92. The van der Waals surface area contributed by atoms with Crippen molar-refractivity contribution >= 4 is 17.8 Å². The number of aromatic hydroxyl groups is 1. The van der Waals surface area contributed by atoms with E-state index in [1.54, 1.807) is 13.8 Å². The predicted molar refractivity (Wildman–Crippen MR) is 87.3 cm³/mol. The summed E-state index contributed by atoms with van der Waals surface area (Å²) in [7, 11) is 0. The van der Waals surface area contributed by atoms with Crippen LogP contribution in [-0.2, 0) is 14.3 Å². The summed E-state index contributed by atoms with van der Waals surface area (Å²) in [6.07, 6.45) is -0.297. The summed E-state index contributed by atoms with van der Waals surface area (Å²) in [5.41, 5.74) is -1.87. The third-order valence-corrected chi connectivity index (χ3v) is 3.04. The molecule has 9 nitrogen and oxygen atoms in total. The van der Waals surface area contributed by atoms with Gasteiger partial charge in [-0.2, -0.15) is 0 Å². The molecule has 0 atom stereocenters. The van der Waals surface area contributed by atoms with Crippen molar-refractivity contribution in [2.24, 2.45) is 0 Å². The number of carbonyl (C=O) groups excluding carboxylic acids is 3. The maximum absolute atomic E-state index is 12.2. The molecule has 0 unspecified atom stereocenters. The fraction of sp³-hybridized carbons (Fsp3) is 0.375. The van der Waals surface area contributed by atoms with E-state index in [4.69, 9.17) is 9.47 Å². The Balaban J connectivity index is 3.12. The molecule has 0 bridgehead atoms. The first kappa shape index (κ1) is 19.9. The van der Waals surface area contributed by atoms with Gasteiger partial charge in [0.1, 0.15) is 16.9 Å². The number of hydrogen-bond acceptors (Lipinski definition) is 7.